The molecular formula is C13H20Cl2Si. The second kappa shape index (κ2) is 6.09. The largest absolute Gasteiger partial charge is 0.126 e. The van der Waals surface area contributed by atoms with Gasteiger partial charge in [-0.1, -0.05) is 49.4 Å². The number of alkyl halides is 1. The van der Waals surface area contributed by atoms with Gasteiger partial charge in [0.05, 0.1) is 0 Å². The van der Waals surface area contributed by atoms with Gasteiger partial charge in [-0.15, -0.1) is 11.6 Å². The Morgan fingerprint density at radius 3 is 2.44 bits per heavy atom. The monoisotopic (exact) mass is 274 g/mol. The highest BCUT2D eigenvalue weighted by molar-refractivity contribution is 6.76. The lowest BCUT2D eigenvalue weighted by atomic mass is 10.0. The van der Waals surface area contributed by atoms with Crippen molar-refractivity contribution < 1.29 is 0 Å². The SMILES string of the molecule is C[Si](C)(C)CC(CCl)Cc1cccc(Cl)c1. The Morgan fingerprint density at radius 2 is 1.94 bits per heavy atom. The summed E-state index contributed by atoms with van der Waals surface area (Å²) in [6, 6.07) is 9.39. The van der Waals surface area contributed by atoms with E-state index in [9.17, 15) is 0 Å². The van der Waals surface area contributed by atoms with Gasteiger partial charge in [-0.3, -0.25) is 0 Å². The Kier molecular flexibility index (Phi) is 5.36. The van der Waals surface area contributed by atoms with Gasteiger partial charge >= 0.3 is 0 Å². The molecule has 1 unspecified atom stereocenters. The molecule has 0 heterocycles. The zero-order valence-electron chi connectivity index (χ0n) is 10.3. The van der Waals surface area contributed by atoms with Crippen LogP contribution in [0.15, 0.2) is 24.3 Å². The van der Waals surface area contributed by atoms with Crippen LogP contribution < -0.4 is 0 Å². The van der Waals surface area contributed by atoms with Crippen LogP contribution in [0.2, 0.25) is 30.7 Å². The number of rotatable bonds is 5. The average molecular weight is 275 g/mol. The van der Waals surface area contributed by atoms with E-state index in [1.54, 1.807) is 0 Å². The van der Waals surface area contributed by atoms with E-state index in [-0.39, 0.29) is 0 Å². The molecule has 3 heteroatoms. The van der Waals surface area contributed by atoms with Gasteiger partial charge in [-0.2, -0.15) is 0 Å². The van der Waals surface area contributed by atoms with Gasteiger partial charge in [0.1, 0.15) is 0 Å². The second-order valence-corrected chi connectivity index (χ2v) is 11.9. The molecule has 1 aromatic rings. The molecule has 0 amide bonds. The van der Waals surface area contributed by atoms with Crippen LogP contribution in [0.4, 0.5) is 0 Å². The lowest BCUT2D eigenvalue weighted by Gasteiger charge is -2.23. The highest BCUT2D eigenvalue weighted by Crippen LogP contribution is 2.23. The molecule has 1 rings (SSSR count). The molecule has 90 valence electrons. The van der Waals surface area contributed by atoms with Crippen LogP contribution in [0, 0.1) is 5.92 Å². The average Bonchev–Trinajstić information content (AvgIpc) is 2.14. The summed E-state index contributed by atoms with van der Waals surface area (Å²) in [7, 11) is -1.03. The van der Waals surface area contributed by atoms with E-state index in [1.807, 2.05) is 18.2 Å². The maximum absolute atomic E-state index is 6.05. The standard InChI is InChI=1S/C13H20Cl2Si/c1-16(2,3)10-12(9-14)7-11-5-4-6-13(15)8-11/h4-6,8,12H,7,9-10H2,1-3H3. The van der Waals surface area contributed by atoms with Crippen molar-refractivity contribution in [3.8, 4) is 0 Å². The third kappa shape index (κ3) is 5.38. The van der Waals surface area contributed by atoms with Gasteiger partial charge in [0.25, 0.3) is 0 Å². The third-order valence-electron chi connectivity index (χ3n) is 2.53. The van der Waals surface area contributed by atoms with Crippen molar-refractivity contribution in [2.75, 3.05) is 5.88 Å². The maximum atomic E-state index is 6.05. The number of hydrogen-bond donors (Lipinski definition) is 0. The van der Waals surface area contributed by atoms with Gasteiger partial charge in [0, 0.05) is 19.0 Å². The Morgan fingerprint density at radius 1 is 1.25 bits per heavy atom. The van der Waals surface area contributed by atoms with Gasteiger partial charge in [0.2, 0.25) is 0 Å². The molecule has 0 aliphatic carbocycles. The number of benzene rings is 1. The molecule has 0 aliphatic heterocycles. The zero-order valence-corrected chi connectivity index (χ0v) is 12.8. The number of halogens is 2. The quantitative estimate of drug-likeness (QED) is 0.519. The first-order valence-electron chi connectivity index (χ1n) is 5.71. The summed E-state index contributed by atoms with van der Waals surface area (Å²) in [5.74, 6) is 1.34. The van der Waals surface area contributed by atoms with Crippen molar-refractivity contribution in [2.45, 2.75) is 32.1 Å². The Bertz CT molecular complexity index is 331. The van der Waals surface area contributed by atoms with Crippen molar-refractivity contribution in [3.63, 3.8) is 0 Å². The predicted octanol–water partition coefficient (Wildman–Crippen LogP) is 5.08. The molecule has 1 atom stereocenters. The first-order chi connectivity index (χ1) is 7.40. The van der Waals surface area contributed by atoms with Crippen LogP contribution in [0.5, 0.6) is 0 Å². The molecule has 1 aromatic carbocycles. The molecule has 0 fully saturated rings. The number of hydrogen-bond acceptors (Lipinski definition) is 0. The highest BCUT2D eigenvalue weighted by atomic mass is 35.5. The van der Waals surface area contributed by atoms with Crippen molar-refractivity contribution in [2.24, 2.45) is 5.92 Å². The van der Waals surface area contributed by atoms with E-state index >= 15 is 0 Å². The molecule has 0 aromatic heterocycles. The van der Waals surface area contributed by atoms with E-state index in [2.05, 4.69) is 25.7 Å². The van der Waals surface area contributed by atoms with E-state index in [0.29, 0.717) is 5.92 Å². The summed E-state index contributed by atoms with van der Waals surface area (Å²) in [6.45, 7) is 7.18. The van der Waals surface area contributed by atoms with E-state index in [4.69, 9.17) is 23.2 Å². The van der Waals surface area contributed by atoms with Gasteiger partial charge in [0.15, 0.2) is 0 Å². The molecular weight excluding hydrogens is 255 g/mol. The lowest BCUT2D eigenvalue weighted by molar-refractivity contribution is 0.643. The lowest BCUT2D eigenvalue weighted by Crippen LogP contribution is -2.25. The topological polar surface area (TPSA) is 0 Å². The summed E-state index contributed by atoms with van der Waals surface area (Å²) in [5, 5.41) is 0.818. The van der Waals surface area contributed by atoms with E-state index in [0.717, 1.165) is 17.3 Å². The minimum absolute atomic E-state index is 0.590. The second-order valence-electron chi connectivity index (χ2n) is 5.62. The van der Waals surface area contributed by atoms with Crippen LogP contribution >= 0.6 is 23.2 Å². The summed E-state index contributed by atoms with van der Waals surface area (Å²) in [5.41, 5.74) is 1.30. The van der Waals surface area contributed by atoms with Gasteiger partial charge in [-0.25, -0.2) is 0 Å². The van der Waals surface area contributed by atoms with Crippen LogP contribution in [0.25, 0.3) is 0 Å². The Labute approximate surface area is 110 Å². The molecule has 0 bridgehead atoms. The molecule has 0 N–H and O–H groups in total. The molecule has 0 saturated carbocycles. The maximum Gasteiger partial charge on any atom is 0.0445 e. The summed E-state index contributed by atoms with van der Waals surface area (Å²) in [4.78, 5) is 0. The van der Waals surface area contributed by atoms with Crippen molar-refractivity contribution in [1.29, 1.82) is 0 Å². The van der Waals surface area contributed by atoms with Crippen LogP contribution in [0.3, 0.4) is 0 Å². The molecule has 0 nitrogen and oxygen atoms in total. The Hall–Kier alpha value is 0.0169. The molecule has 16 heavy (non-hydrogen) atoms. The fourth-order valence-corrected chi connectivity index (χ4v) is 4.68. The summed E-state index contributed by atoms with van der Waals surface area (Å²) >= 11 is 12.0. The fourth-order valence-electron chi connectivity index (χ4n) is 2.04. The minimum atomic E-state index is -1.03. The van der Waals surface area contributed by atoms with Gasteiger partial charge < -0.3 is 0 Å². The molecule has 0 radical (unpaired) electrons. The van der Waals surface area contributed by atoms with Crippen LogP contribution in [-0.2, 0) is 6.42 Å². The van der Waals surface area contributed by atoms with Crippen molar-refractivity contribution in [1.82, 2.24) is 0 Å². The first-order valence-corrected chi connectivity index (χ1v) is 10.3. The minimum Gasteiger partial charge on any atom is -0.126 e. The van der Waals surface area contributed by atoms with Crippen molar-refractivity contribution in [3.05, 3.63) is 34.9 Å². The Balaban J connectivity index is 2.63. The predicted molar refractivity (Wildman–Crippen MR) is 77.5 cm³/mol. The normalized spacial score (nSPS) is 13.8. The highest BCUT2D eigenvalue weighted by Gasteiger charge is 2.20. The van der Waals surface area contributed by atoms with Crippen LogP contribution in [-0.4, -0.2) is 14.0 Å². The summed E-state index contributed by atoms with van der Waals surface area (Å²) in [6.07, 6.45) is 1.05. The summed E-state index contributed by atoms with van der Waals surface area (Å²) < 4.78 is 0. The molecule has 0 saturated heterocycles. The van der Waals surface area contributed by atoms with Crippen molar-refractivity contribution >= 4 is 31.3 Å². The third-order valence-corrected chi connectivity index (χ3v) is 5.01. The molecule has 0 aliphatic rings. The smallest absolute Gasteiger partial charge is 0.0445 e. The zero-order chi connectivity index (χ0) is 12.2. The molecule has 0 spiro atoms. The van der Waals surface area contributed by atoms with Crippen LogP contribution in [0.1, 0.15) is 5.56 Å². The fraction of sp³-hybridized carbons (Fsp3) is 0.538. The first kappa shape index (κ1) is 14.1. The van der Waals surface area contributed by atoms with E-state index in [1.165, 1.54) is 11.6 Å². The van der Waals surface area contributed by atoms with E-state index < -0.39 is 8.07 Å². The van der Waals surface area contributed by atoms with Gasteiger partial charge in [-0.05, 0) is 30.0 Å².